The Balaban J connectivity index is 1.47. The van der Waals surface area contributed by atoms with Crippen LogP contribution in [-0.4, -0.2) is 51.9 Å². The maximum Gasteiger partial charge on any atom is 0.255 e. The van der Waals surface area contributed by atoms with E-state index in [9.17, 15) is 14.0 Å². The fourth-order valence-electron chi connectivity index (χ4n) is 3.96. The highest BCUT2D eigenvalue weighted by molar-refractivity contribution is 8.00. The molecule has 29 heavy (non-hydrogen) atoms. The third kappa shape index (κ3) is 3.98. The Bertz CT molecular complexity index is 963. The van der Waals surface area contributed by atoms with E-state index in [1.165, 1.54) is 12.1 Å². The molecule has 0 bridgehead atoms. The molecule has 1 spiro atoms. The maximum absolute atomic E-state index is 13.6. The van der Waals surface area contributed by atoms with Gasteiger partial charge in [0.25, 0.3) is 11.8 Å². The molecule has 4 rings (SSSR count). The van der Waals surface area contributed by atoms with Crippen molar-refractivity contribution in [2.75, 3.05) is 25.4 Å². The Morgan fingerprint density at radius 3 is 2.34 bits per heavy atom. The Morgan fingerprint density at radius 2 is 1.66 bits per heavy atom. The molecule has 0 unspecified atom stereocenters. The number of amides is 2. The lowest BCUT2D eigenvalue weighted by Crippen LogP contribution is -2.53. The van der Waals surface area contributed by atoms with E-state index in [1.807, 2.05) is 4.90 Å². The van der Waals surface area contributed by atoms with Crippen LogP contribution >= 0.6 is 35.0 Å². The van der Waals surface area contributed by atoms with E-state index in [0.717, 1.165) is 5.75 Å². The van der Waals surface area contributed by atoms with Crippen molar-refractivity contribution in [2.24, 2.45) is 0 Å². The lowest BCUT2D eigenvalue weighted by atomic mass is 10.00. The minimum Gasteiger partial charge on any atom is -0.338 e. The molecule has 2 heterocycles. The highest BCUT2D eigenvalue weighted by Crippen LogP contribution is 2.44. The average Bonchev–Trinajstić information content (AvgIpc) is 3.12. The van der Waals surface area contributed by atoms with Gasteiger partial charge in [0.05, 0.1) is 14.9 Å². The summed E-state index contributed by atoms with van der Waals surface area (Å²) in [7, 11) is 0. The average molecular weight is 453 g/mol. The molecule has 0 atom stereocenters. The number of hydrogen-bond donors (Lipinski definition) is 0. The largest absolute Gasteiger partial charge is 0.338 e. The minimum absolute atomic E-state index is 0.0931. The van der Waals surface area contributed by atoms with E-state index in [1.54, 1.807) is 47.0 Å². The van der Waals surface area contributed by atoms with Gasteiger partial charge in [0.2, 0.25) is 0 Å². The normalized spacial score (nSPS) is 18.3. The van der Waals surface area contributed by atoms with Gasteiger partial charge >= 0.3 is 0 Å². The number of hydrogen-bond acceptors (Lipinski definition) is 3. The summed E-state index contributed by atoms with van der Waals surface area (Å²) in [6.07, 6.45) is 1.34. The van der Waals surface area contributed by atoms with Gasteiger partial charge in [-0.05, 0) is 49.2 Å². The van der Waals surface area contributed by atoms with Crippen molar-refractivity contribution >= 4 is 46.8 Å². The standard InChI is InChI=1S/C21H19Cl2FN2O2S/c22-17-5-4-15(13-18(17)23)19(27)25-8-6-21(7-9-25)26(10-11-29-21)20(28)14-2-1-3-16(24)12-14/h1-5,12-13H,6-11H2. The second kappa shape index (κ2) is 8.17. The zero-order chi connectivity index (χ0) is 20.6. The fourth-order valence-corrected chi connectivity index (χ4v) is 5.71. The van der Waals surface area contributed by atoms with Crippen LogP contribution in [0.4, 0.5) is 4.39 Å². The van der Waals surface area contributed by atoms with Gasteiger partial charge in [0, 0.05) is 36.5 Å². The highest BCUT2D eigenvalue weighted by Gasteiger charge is 2.47. The third-order valence-corrected chi connectivity index (χ3v) is 7.78. The molecular weight excluding hydrogens is 434 g/mol. The van der Waals surface area contributed by atoms with E-state index in [0.29, 0.717) is 53.6 Å². The first-order chi connectivity index (χ1) is 13.9. The van der Waals surface area contributed by atoms with Crippen LogP contribution in [0.25, 0.3) is 0 Å². The van der Waals surface area contributed by atoms with Crippen LogP contribution in [0.15, 0.2) is 42.5 Å². The van der Waals surface area contributed by atoms with Gasteiger partial charge in [0.15, 0.2) is 0 Å². The summed E-state index contributed by atoms with van der Waals surface area (Å²) in [6, 6.07) is 10.7. The molecule has 2 aromatic carbocycles. The van der Waals surface area contributed by atoms with Crippen LogP contribution in [0, 0.1) is 5.82 Å². The van der Waals surface area contributed by atoms with Gasteiger partial charge < -0.3 is 9.80 Å². The van der Waals surface area contributed by atoms with Crippen molar-refractivity contribution in [3.63, 3.8) is 0 Å². The van der Waals surface area contributed by atoms with Crippen molar-refractivity contribution in [1.29, 1.82) is 0 Å². The number of carbonyl (C=O) groups is 2. The first-order valence-electron chi connectivity index (χ1n) is 9.35. The number of benzene rings is 2. The van der Waals surface area contributed by atoms with Gasteiger partial charge in [-0.1, -0.05) is 29.3 Å². The Labute approximate surface area is 182 Å². The molecule has 2 saturated heterocycles. The van der Waals surface area contributed by atoms with E-state index in [2.05, 4.69) is 0 Å². The van der Waals surface area contributed by atoms with Crippen molar-refractivity contribution in [2.45, 2.75) is 17.7 Å². The lowest BCUT2D eigenvalue weighted by Gasteiger charge is -2.44. The number of thioether (sulfide) groups is 1. The summed E-state index contributed by atoms with van der Waals surface area (Å²) in [5.41, 5.74) is 0.864. The molecule has 0 aromatic heterocycles. The van der Waals surface area contributed by atoms with Crippen molar-refractivity contribution in [3.8, 4) is 0 Å². The molecular formula is C21H19Cl2FN2O2S. The van der Waals surface area contributed by atoms with Gasteiger partial charge in [0.1, 0.15) is 5.82 Å². The number of piperidine rings is 1. The predicted octanol–water partition coefficient (Wildman–Crippen LogP) is 4.95. The number of halogens is 3. The van der Waals surface area contributed by atoms with Crippen LogP contribution in [0.1, 0.15) is 33.6 Å². The molecule has 8 heteroatoms. The topological polar surface area (TPSA) is 40.6 Å². The molecule has 0 N–H and O–H groups in total. The monoisotopic (exact) mass is 452 g/mol. The van der Waals surface area contributed by atoms with Crippen molar-refractivity contribution in [1.82, 2.24) is 9.80 Å². The summed E-state index contributed by atoms with van der Waals surface area (Å²) in [6.45, 7) is 1.71. The number of nitrogens with zero attached hydrogens (tertiary/aromatic N) is 2. The second-order valence-corrected chi connectivity index (χ2v) is 9.45. The van der Waals surface area contributed by atoms with Crippen LogP contribution in [-0.2, 0) is 0 Å². The summed E-state index contributed by atoms with van der Waals surface area (Å²) in [5, 5.41) is 0.763. The SMILES string of the molecule is O=C(c1ccc(Cl)c(Cl)c1)N1CCC2(CC1)SCCN2C(=O)c1cccc(F)c1. The lowest BCUT2D eigenvalue weighted by molar-refractivity contribution is 0.0497. The van der Waals surface area contributed by atoms with Crippen molar-refractivity contribution in [3.05, 3.63) is 69.5 Å². The van der Waals surface area contributed by atoms with Crippen LogP contribution in [0.3, 0.4) is 0 Å². The zero-order valence-corrected chi connectivity index (χ0v) is 17.9. The molecule has 0 radical (unpaired) electrons. The molecule has 2 aromatic rings. The van der Waals surface area contributed by atoms with Crippen LogP contribution < -0.4 is 0 Å². The van der Waals surface area contributed by atoms with E-state index in [-0.39, 0.29) is 16.7 Å². The minimum atomic E-state index is -0.418. The quantitative estimate of drug-likeness (QED) is 0.646. The summed E-state index contributed by atoms with van der Waals surface area (Å²) < 4.78 is 13.6. The van der Waals surface area contributed by atoms with Gasteiger partial charge in [-0.15, -0.1) is 11.8 Å². The molecule has 2 fully saturated rings. The Morgan fingerprint density at radius 1 is 0.931 bits per heavy atom. The molecule has 2 amide bonds. The van der Waals surface area contributed by atoms with Gasteiger partial charge in [-0.3, -0.25) is 9.59 Å². The first-order valence-corrected chi connectivity index (χ1v) is 11.1. The predicted molar refractivity (Wildman–Crippen MR) is 114 cm³/mol. The molecule has 4 nitrogen and oxygen atoms in total. The van der Waals surface area contributed by atoms with Crippen molar-refractivity contribution < 1.29 is 14.0 Å². The number of rotatable bonds is 2. The summed E-state index contributed by atoms with van der Waals surface area (Å²) in [5.74, 6) is 0.170. The van der Waals surface area contributed by atoms with E-state index in [4.69, 9.17) is 23.2 Å². The van der Waals surface area contributed by atoms with E-state index >= 15 is 0 Å². The summed E-state index contributed by atoms with van der Waals surface area (Å²) in [4.78, 5) is 29.1. The first kappa shape index (κ1) is 20.5. The molecule has 2 aliphatic rings. The third-order valence-electron chi connectivity index (χ3n) is 5.49. The molecule has 152 valence electrons. The Kier molecular flexibility index (Phi) is 5.78. The smallest absolute Gasteiger partial charge is 0.255 e. The van der Waals surface area contributed by atoms with Gasteiger partial charge in [-0.25, -0.2) is 4.39 Å². The second-order valence-electron chi connectivity index (χ2n) is 7.18. The fraction of sp³-hybridized carbons (Fsp3) is 0.333. The maximum atomic E-state index is 13.6. The number of carbonyl (C=O) groups excluding carboxylic acids is 2. The zero-order valence-electron chi connectivity index (χ0n) is 15.5. The molecule has 0 saturated carbocycles. The number of likely N-dealkylation sites (tertiary alicyclic amines) is 1. The molecule has 2 aliphatic heterocycles. The van der Waals surface area contributed by atoms with Crippen LogP contribution in [0.2, 0.25) is 10.0 Å². The Hall–Kier alpha value is -1.76. The summed E-state index contributed by atoms with van der Waals surface area (Å²) >= 11 is 13.7. The molecule has 0 aliphatic carbocycles. The van der Waals surface area contributed by atoms with Crippen LogP contribution in [0.5, 0.6) is 0 Å². The highest BCUT2D eigenvalue weighted by atomic mass is 35.5. The van der Waals surface area contributed by atoms with Gasteiger partial charge in [-0.2, -0.15) is 0 Å². The van der Waals surface area contributed by atoms with E-state index < -0.39 is 5.82 Å².